The van der Waals surface area contributed by atoms with Gasteiger partial charge in [-0.15, -0.1) is 0 Å². The van der Waals surface area contributed by atoms with Crippen molar-refractivity contribution in [3.05, 3.63) is 28.0 Å². The van der Waals surface area contributed by atoms with Gasteiger partial charge in [0.25, 0.3) is 5.91 Å². The van der Waals surface area contributed by atoms with Crippen LogP contribution in [0.2, 0.25) is 10.3 Å². The van der Waals surface area contributed by atoms with Crippen LogP contribution in [0.5, 0.6) is 0 Å². The molecule has 0 bridgehead atoms. The average molecular weight is 323 g/mol. The Labute approximate surface area is 124 Å². The van der Waals surface area contributed by atoms with Crippen LogP contribution in [0.4, 0.5) is 0 Å². The van der Waals surface area contributed by atoms with Gasteiger partial charge in [-0.2, -0.15) is 11.8 Å². The Hall–Kier alpha value is -0.980. The highest BCUT2D eigenvalue weighted by Crippen LogP contribution is 2.15. The van der Waals surface area contributed by atoms with Crippen molar-refractivity contribution in [2.24, 2.45) is 0 Å². The number of carbonyl (C=O) groups is 2. The van der Waals surface area contributed by atoms with E-state index in [1.54, 1.807) is 0 Å². The summed E-state index contributed by atoms with van der Waals surface area (Å²) < 4.78 is 0. The van der Waals surface area contributed by atoms with Crippen molar-refractivity contribution >= 4 is 46.8 Å². The van der Waals surface area contributed by atoms with Crippen molar-refractivity contribution in [3.8, 4) is 0 Å². The molecule has 0 radical (unpaired) electrons. The minimum absolute atomic E-state index is 0.0774. The number of hydrogen-bond donors (Lipinski definition) is 2. The zero-order chi connectivity index (χ0) is 14.4. The van der Waals surface area contributed by atoms with Crippen molar-refractivity contribution in [2.45, 2.75) is 12.5 Å². The van der Waals surface area contributed by atoms with Crippen molar-refractivity contribution in [1.29, 1.82) is 0 Å². The van der Waals surface area contributed by atoms with E-state index in [1.165, 1.54) is 23.9 Å². The monoisotopic (exact) mass is 322 g/mol. The highest BCUT2D eigenvalue weighted by Gasteiger charge is 2.20. The van der Waals surface area contributed by atoms with Crippen molar-refractivity contribution in [2.75, 3.05) is 12.0 Å². The number of carboxylic acids is 1. The summed E-state index contributed by atoms with van der Waals surface area (Å²) in [6.07, 6.45) is 2.21. The van der Waals surface area contributed by atoms with Gasteiger partial charge in [0.15, 0.2) is 0 Å². The molecule has 2 N–H and O–H groups in total. The minimum Gasteiger partial charge on any atom is -0.480 e. The molecular formula is C11H12Cl2N2O3S. The molecule has 1 amide bonds. The van der Waals surface area contributed by atoms with Crippen LogP contribution in [-0.4, -0.2) is 40.0 Å². The predicted octanol–water partition coefficient (Wildman–Crippen LogP) is 2.32. The molecule has 1 aromatic rings. The number of amides is 1. The van der Waals surface area contributed by atoms with Crippen LogP contribution in [0.1, 0.15) is 16.8 Å². The first-order valence-electron chi connectivity index (χ1n) is 5.29. The first-order chi connectivity index (χ1) is 8.93. The van der Waals surface area contributed by atoms with E-state index in [-0.39, 0.29) is 15.9 Å². The van der Waals surface area contributed by atoms with Gasteiger partial charge in [-0.3, -0.25) is 4.79 Å². The first-order valence-corrected chi connectivity index (χ1v) is 7.44. The third-order valence-corrected chi connectivity index (χ3v) is 3.27. The molecular weight excluding hydrogens is 311 g/mol. The second-order valence-corrected chi connectivity index (χ2v) is 5.41. The minimum atomic E-state index is -1.08. The van der Waals surface area contributed by atoms with Gasteiger partial charge in [0.1, 0.15) is 16.3 Å². The number of rotatable bonds is 6. The van der Waals surface area contributed by atoms with E-state index in [2.05, 4.69) is 10.3 Å². The largest absolute Gasteiger partial charge is 0.480 e. The topological polar surface area (TPSA) is 79.3 Å². The second kappa shape index (κ2) is 7.57. The Bertz CT molecular complexity index is 465. The summed E-state index contributed by atoms with van der Waals surface area (Å²) >= 11 is 12.9. The van der Waals surface area contributed by atoms with Crippen LogP contribution in [0.3, 0.4) is 0 Å². The number of halogens is 2. The molecule has 0 saturated carbocycles. The number of nitrogens with one attached hydrogen (secondary N) is 1. The highest BCUT2D eigenvalue weighted by molar-refractivity contribution is 7.98. The molecule has 5 nitrogen and oxygen atoms in total. The third kappa shape index (κ3) is 5.26. The third-order valence-electron chi connectivity index (χ3n) is 2.24. The molecule has 0 aromatic carbocycles. The lowest BCUT2D eigenvalue weighted by atomic mass is 10.2. The number of carboxylic acid groups (broad SMARTS) is 1. The van der Waals surface area contributed by atoms with Gasteiger partial charge < -0.3 is 10.4 Å². The number of hydrogen-bond acceptors (Lipinski definition) is 4. The van der Waals surface area contributed by atoms with Crippen LogP contribution in [-0.2, 0) is 4.79 Å². The van der Waals surface area contributed by atoms with Crippen molar-refractivity contribution < 1.29 is 14.7 Å². The number of aliphatic carboxylic acids is 1. The van der Waals surface area contributed by atoms with E-state index >= 15 is 0 Å². The zero-order valence-corrected chi connectivity index (χ0v) is 12.3. The fraction of sp³-hybridized carbons (Fsp3) is 0.364. The molecule has 0 aliphatic heterocycles. The summed E-state index contributed by atoms with van der Waals surface area (Å²) in [4.78, 5) is 26.6. The summed E-state index contributed by atoms with van der Waals surface area (Å²) in [7, 11) is 0. The molecule has 1 aromatic heterocycles. The van der Waals surface area contributed by atoms with E-state index in [4.69, 9.17) is 28.3 Å². The van der Waals surface area contributed by atoms with E-state index < -0.39 is 17.9 Å². The van der Waals surface area contributed by atoms with Gasteiger partial charge >= 0.3 is 5.97 Å². The molecule has 1 atom stereocenters. The summed E-state index contributed by atoms with van der Waals surface area (Å²) in [6, 6.07) is 1.72. The number of nitrogens with zero attached hydrogens (tertiary/aromatic N) is 1. The zero-order valence-electron chi connectivity index (χ0n) is 10.0. The average Bonchev–Trinajstić information content (AvgIpc) is 2.32. The predicted molar refractivity (Wildman–Crippen MR) is 76.1 cm³/mol. The lowest BCUT2D eigenvalue weighted by molar-refractivity contribution is -0.139. The standard InChI is InChI=1S/C11H12Cl2N2O3S/c1-19-3-2-7(11(17)18)14-10(16)6-4-8(12)15-9(13)5-6/h4-5,7H,2-3H2,1H3,(H,14,16)(H,17,18)/t7-/m1/s1. The van der Waals surface area contributed by atoms with Crippen molar-refractivity contribution in [3.63, 3.8) is 0 Å². The fourth-order valence-corrected chi connectivity index (χ4v) is 2.26. The first kappa shape index (κ1) is 16.1. The quantitative estimate of drug-likeness (QED) is 0.786. The lowest BCUT2D eigenvalue weighted by Crippen LogP contribution is -2.41. The molecule has 0 aliphatic rings. The Balaban J connectivity index is 2.78. The Morgan fingerprint density at radius 3 is 2.47 bits per heavy atom. The summed E-state index contributed by atoms with van der Waals surface area (Å²) in [6.45, 7) is 0. The molecule has 0 saturated heterocycles. The maximum atomic E-state index is 11.9. The Kier molecular flexibility index (Phi) is 6.41. The van der Waals surface area contributed by atoms with Crippen LogP contribution in [0, 0.1) is 0 Å². The highest BCUT2D eigenvalue weighted by atomic mass is 35.5. The van der Waals surface area contributed by atoms with E-state index in [0.29, 0.717) is 12.2 Å². The van der Waals surface area contributed by atoms with Crippen molar-refractivity contribution in [1.82, 2.24) is 10.3 Å². The van der Waals surface area contributed by atoms with Gasteiger partial charge in [-0.25, -0.2) is 9.78 Å². The molecule has 0 fully saturated rings. The SMILES string of the molecule is CSCC[C@@H](NC(=O)c1cc(Cl)nc(Cl)c1)C(=O)O. The van der Waals surface area contributed by atoms with Gasteiger partial charge in [0.2, 0.25) is 0 Å². The lowest BCUT2D eigenvalue weighted by Gasteiger charge is -2.14. The second-order valence-electron chi connectivity index (χ2n) is 3.65. The van der Waals surface area contributed by atoms with Gasteiger partial charge in [-0.1, -0.05) is 23.2 Å². The van der Waals surface area contributed by atoms with E-state index in [9.17, 15) is 9.59 Å². The summed E-state index contributed by atoms with van der Waals surface area (Å²) in [5, 5.41) is 11.6. The van der Waals surface area contributed by atoms with Crippen LogP contribution in [0.15, 0.2) is 12.1 Å². The van der Waals surface area contributed by atoms with Gasteiger partial charge in [-0.05, 0) is 30.6 Å². The van der Waals surface area contributed by atoms with E-state index in [0.717, 1.165) is 0 Å². The van der Waals surface area contributed by atoms with Gasteiger partial charge in [0.05, 0.1) is 0 Å². The molecule has 1 rings (SSSR count). The summed E-state index contributed by atoms with van der Waals surface area (Å²) in [5.74, 6) is -0.983. The molecule has 104 valence electrons. The molecule has 8 heteroatoms. The molecule has 0 unspecified atom stereocenters. The van der Waals surface area contributed by atoms with E-state index in [1.807, 2.05) is 6.26 Å². The Morgan fingerprint density at radius 1 is 1.42 bits per heavy atom. The van der Waals surface area contributed by atoms with Crippen LogP contribution >= 0.6 is 35.0 Å². The molecule has 0 aliphatic carbocycles. The number of carbonyl (C=O) groups excluding carboxylic acids is 1. The molecule has 19 heavy (non-hydrogen) atoms. The molecule has 0 spiro atoms. The number of pyridine rings is 1. The van der Waals surface area contributed by atoms with Crippen LogP contribution in [0.25, 0.3) is 0 Å². The number of aromatic nitrogens is 1. The Morgan fingerprint density at radius 2 is 2.00 bits per heavy atom. The summed E-state index contributed by atoms with van der Waals surface area (Å²) in [5.41, 5.74) is 0.181. The maximum Gasteiger partial charge on any atom is 0.326 e. The number of thioether (sulfide) groups is 1. The normalized spacial score (nSPS) is 11.9. The van der Waals surface area contributed by atoms with Crippen LogP contribution < -0.4 is 5.32 Å². The smallest absolute Gasteiger partial charge is 0.326 e. The van der Waals surface area contributed by atoms with Gasteiger partial charge in [0, 0.05) is 5.56 Å². The molecule has 1 heterocycles. The fourth-order valence-electron chi connectivity index (χ4n) is 1.33. The maximum absolute atomic E-state index is 11.9.